The minimum atomic E-state index is 0.0970. The van der Waals surface area contributed by atoms with Crippen LogP contribution in [0, 0.1) is 0 Å². The van der Waals surface area contributed by atoms with Gasteiger partial charge >= 0.3 is 0 Å². The largest absolute Gasteiger partial charge is 0.294 e. The molecule has 17 heavy (non-hydrogen) atoms. The molecule has 1 aromatic carbocycles. The fraction of sp³-hybridized carbons (Fsp3) is 0.562. The summed E-state index contributed by atoms with van der Waals surface area (Å²) in [6, 6.07) is 2.32. The number of rotatable bonds is 0. The standard InChI is InChI=1S/C16H20O/c1-16(2,3)15-12-6-4-5-10(12)9-11-7-8-13(17)14(11)15/h9H,4-8H2,1-3H3. The molecule has 0 aromatic heterocycles. The van der Waals surface area contributed by atoms with Crippen molar-refractivity contribution >= 4 is 5.78 Å². The summed E-state index contributed by atoms with van der Waals surface area (Å²) >= 11 is 0. The van der Waals surface area contributed by atoms with E-state index in [-0.39, 0.29) is 5.41 Å². The van der Waals surface area contributed by atoms with Crippen LogP contribution >= 0.6 is 0 Å². The minimum Gasteiger partial charge on any atom is -0.294 e. The van der Waals surface area contributed by atoms with E-state index in [1.165, 1.54) is 41.5 Å². The monoisotopic (exact) mass is 228 g/mol. The van der Waals surface area contributed by atoms with E-state index in [1.54, 1.807) is 0 Å². The maximum absolute atomic E-state index is 12.1. The molecule has 0 N–H and O–H groups in total. The molecule has 1 aromatic rings. The predicted octanol–water partition coefficient (Wildman–Crippen LogP) is 3.60. The molecule has 3 rings (SSSR count). The van der Waals surface area contributed by atoms with Crippen LogP contribution in [-0.4, -0.2) is 5.78 Å². The Labute approximate surface area is 103 Å². The number of fused-ring (bicyclic) bond motifs is 2. The Kier molecular flexibility index (Phi) is 2.23. The highest BCUT2D eigenvalue weighted by Crippen LogP contribution is 2.40. The van der Waals surface area contributed by atoms with Crippen molar-refractivity contribution in [2.24, 2.45) is 0 Å². The smallest absolute Gasteiger partial charge is 0.163 e. The van der Waals surface area contributed by atoms with Gasteiger partial charge in [0.05, 0.1) is 0 Å². The van der Waals surface area contributed by atoms with Crippen LogP contribution in [0.5, 0.6) is 0 Å². The molecule has 0 unspecified atom stereocenters. The normalized spacial score (nSPS) is 18.4. The second-order valence-electron chi connectivity index (χ2n) is 6.45. The molecule has 0 aliphatic heterocycles. The van der Waals surface area contributed by atoms with Crippen molar-refractivity contribution in [3.63, 3.8) is 0 Å². The molecule has 0 heterocycles. The van der Waals surface area contributed by atoms with Crippen LogP contribution in [0.4, 0.5) is 0 Å². The first kappa shape index (κ1) is 11.0. The maximum atomic E-state index is 12.1. The molecule has 0 saturated heterocycles. The van der Waals surface area contributed by atoms with E-state index in [0.717, 1.165) is 18.4 Å². The molecule has 2 aliphatic carbocycles. The number of hydrogen-bond acceptors (Lipinski definition) is 1. The number of Topliss-reactive ketones (excluding diaryl/α,β-unsaturated/α-hetero) is 1. The van der Waals surface area contributed by atoms with Gasteiger partial charge in [-0.2, -0.15) is 0 Å². The maximum Gasteiger partial charge on any atom is 0.163 e. The van der Waals surface area contributed by atoms with Crippen LogP contribution in [0.25, 0.3) is 0 Å². The van der Waals surface area contributed by atoms with Gasteiger partial charge in [-0.05, 0) is 53.4 Å². The first-order chi connectivity index (χ1) is 7.98. The van der Waals surface area contributed by atoms with Gasteiger partial charge < -0.3 is 0 Å². The zero-order chi connectivity index (χ0) is 12.2. The predicted molar refractivity (Wildman–Crippen MR) is 69.8 cm³/mol. The summed E-state index contributed by atoms with van der Waals surface area (Å²) in [6.07, 6.45) is 5.32. The van der Waals surface area contributed by atoms with Gasteiger partial charge in [0, 0.05) is 12.0 Å². The van der Waals surface area contributed by atoms with Gasteiger partial charge in [0.1, 0.15) is 0 Å². The molecule has 0 spiro atoms. The molecular weight excluding hydrogens is 208 g/mol. The van der Waals surface area contributed by atoms with Crippen molar-refractivity contribution < 1.29 is 4.79 Å². The van der Waals surface area contributed by atoms with Crippen LogP contribution in [0.15, 0.2) is 6.07 Å². The number of hydrogen-bond donors (Lipinski definition) is 0. The molecule has 0 amide bonds. The fourth-order valence-corrected chi connectivity index (χ4v) is 3.52. The first-order valence-corrected chi connectivity index (χ1v) is 6.70. The van der Waals surface area contributed by atoms with Gasteiger partial charge in [-0.1, -0.05) is 26.8 Å². The van der Waals surface area contributed by atoms with Gasteiger partial charge in [0.25, 0.3) is 0 Å². The van der Waals surface area contributed by atoms with Crippen LogP contribution in [0.1, 0.15) is 66.2 Å². The van der Waals surface area contributed by atoms with Crippen LogP contribution in [0.3, 0.4) is 0 Å². The van der Waals surface area contributed by atoms with Crippen molar-refractivity contribution in [3.05, 3.63) is 33.9 Å². The molecule has 1 nitrogen and oxygen atoms in total. The van der Waals surface area contributed by atoms with Gasteiger partial charge in [0.2, 0.25) is 0 Å². The van der Waals surface area contributed by atoms with E-state index >= 15 is 0 Å². The van der Waals surface area contributed by atoms with E-state index in [9.17, 15) is 4.79 Å². The molecule has 90 valence electrons. The Morgan fingerprint density at radius 3 is 2.47 bits per heavy atom. The van der Waals surface area contributed by atoms with Gasteiger partial charge in [-0.15, -0.1) is 0 Å². The zero-order valence-electron chi connectivity index (χ0n) is 11.0. The number of ketones is 1. The second kappa shape index (κ2) is 3.44. The van der Waals surface area contributed by atoms with Crippen molar-refractivity contribution in [3.8, 4) is 0 Å². The summed E-state index contributed by atoms with van der Waals surface area (Å²) in [4.78, 5) is 12.1. The highest BCUT2D eigenvalue weighted by molar-refractivity contribution is 6.02. The van der Waals surface area contributed by atoms with Crippen molar-refractivity contribution in [1.29, 1.82) is 0 Å². The molecule has 0 fully saturated rings. The third-order valence-corrected chi connectivity index (χ3v) is 4.13. The Morgan fingerprint density at radius 1 is 1.00 bits per heavy atom. The van der Waals surface area contributed by atoms with E-state index in [4.69, 9.17) is 0 Å². The summed E-state index contributed by atoms with van der Waals surface area (Å²) < 4.78 is 0. The van der Waals surface area contributed by atoms with Crippen molar-refractivity contribution in [2.75, 3.05) is 0 Å². The Morgan fingerprint density at radius 2 is 1.76 bits per heavy atom. The minimum absolute atomic E-state index is 0.0970. The summed E-state index contributed by atoms with van der Waals surface area (Å²) in [5.74, 6) is 0.375. The lowest BCUT2D eigenvalue weighted by Crippen LogP contribution is -2.19. The van der Waals surface area contributed by atoms with E-state index in [1.807, 2.05) is 0 Å². The van der Waals surface area contributed by atoms with Gasteiger partial charge in [0.15, 0.2) is 5.78 Å². The molecule has 2 aliphatic rings. The SMILES string of the molecule is CC(C)(C)c1c2c(cc3c1C(=O)CC3)CCC2. The van der Waals surface area contributed by atoms with Gasteiger partial charge in [-0.25, -0.2) is 0 Å². The molecule has 0 radical (unpaired) electrons. The third kappa shape index (κ3) is 1.55. The molecule has 0 bridgehead atoms. The molecule has 0 saturated carbocycles. The molecule has 0 atom stereocenters. The van der Waals surface area contributed by atoms with E-state index in [0.29, 0.717) is 5.78 Å². The van der Waals surface area contributed by atoms with Crippen LogP contribution < -0.4 is 0 Å². The fourth-order valence-electron chi connectivity index (χ4n) is 3.52. The average molecular weight is 228 g/mol. The number of aryl methyl sites for hydroxylation is 2. The Hall–Kier alpha value is -1.11. The Balaban J connectivity index is 2.34. The molecular formula is C16H20O. The van der Waals surface area contributed by atoms with Gasteiger partial charge in [-0.3, -0.25) is 4.79 Å². The number of carbonyl (C=O) groups is 1. The highest BCUT2D eigenvalue weighted by atomic mass is 16.1. The van der Waals surface area contributed by atoms with Crippen molar-refractivity contribution in [1.82, 2.24) is 0 Å². The third-order valence-electron chi connectivity index (χ3n) is 4.13. The highest BCUT2D eigenvalue weighted by Gasteiger charge is 2.33. The van der Waals surface area contributed by atoms with Crippen LogP contribution in [0.2, 0.25) is 0 Å². The summed E-state index contributed by atoms with van der Waals surface area (Å²) in [5.41, 5.74) is 6.87. The molecule has 1 heteroatoms. The second-order valence-corrected chi connectivity index (χ2v) is 6.45. The summed E-state index contributed by atoms with van der Waals surface area (Å²) in [5, 5.41) is 0. The topological polar surface area (TPSA) is 17.1 Å². The quantitative estimate of drug-likeness (QED) is 0.663. The first-order valence-electron chi connectivity index (χ1n) is 6.70. The summed E-state index contributed by atoms with van der Waals surface area (Å²) in [7, 11) is 0. The lowest BCUT2D eigenvalue weighted by molar-refractivity contribution is 0.0992. The van der Waals surface area contributed by atoms with E-state index in [2.05, 4.69) is 26.8 Å². The summed E-state index contributed by atoms with van der Waals surface area (Å²) in [6.45, 7) is 6.73. The van der Waals surface area contributed by atoms with E-state index < -0.39 is 0 Å². The lowest BCUT2D eigenvalue weighted by atomic mass is 9.78. The zero-order valence-corrected chi connectivity index (χ0v) is 11.0. The lowest BCUT2D eigenvalue weighted by Gasteiger charge is -2.26. The van der Waals surface area contributed by atoms with Crippen LogP contribution in [-0.2, 0) is 24.7 Å². The van der Waals surface area contributed by atoms with Crippen molar-refractivity contribution in [2.45, 2.75) is 58.3 Å². The average Bonchev–Trinajstić information content (AvgIpc) is 2.81. The number of benzene rings is 1. The Bertz CT molecular complexity index is 503. The number of carbonyl (C=O) groups excluding carboxylic acids is 1.